The molecule has 3 N–H and O–H groups in total. The molecule has 4 aromatic rings. The minimum atomic E-state index is 0.470. The van der Waals surface area contributed by atoms with Gasteiger partial charge < -0.3 is 20.5 Å². The smallest absolute Gasteiger partial charge is 0.124 e. The number of rotatable bonds is 5. The number of anilines is 3. The molecule has 0 unspecified atom stereocenters. The molecule has 4 rings (SSSR count). The van der Waals surface area contributed by atoms with Gasteiger partial charge in [0, 0.05) is 41.3 Å². The van der Waals surface area contributed by atoms with Gasteiger partial charge in [-0.25, -0.2) is 9.97 Å². The van der Waals surface area contributed by atoms with Crippen LogP contribution >= 0.6 is 0 Å². The predicted molar refractivity (Wildman–Crippen MR) is 110 cm³/mol. The summed E-state index contributed by atoms with van der Waals surface area (Å²) in [6.45, 7) is 0. The number of hydrogen-bond donors (Lipinski definition) is 2. The summed E-state index contributed by atoms with van der Waals surface area (Å²) in [4.78, 5) is 13.3. The summed E-state index contributed by atoms with van der Waals surface area (Å²) >= 11 is 0. The van der Waals surface area contributed by atoms with Crippen molar-refractivity contribution in [3.8, 4) is 22.8 Å². The maximum Gasteiger partial charge on any atom is 0.124 e. The zero-order valence-corrected chi connectivity index (χ0v) is 15.5. The summed E-state index contributed by atoms with van der Waals surface area (Å²) in [5, 5.41) is 3.36. The zero-order chi connectivity index (χ0) is 19.5. The standard InChI is InChI=1S/C21H19N5O2/c1-27-16-7-15(8-17(10-16)28-2)25-14-4-5-18-19(9-14)26-20(12-23-18)13-3-6-21(22)24-11-13/h3-12,25H,1-2H3,(H2,22,24). The molecule has 0 bridgehead atoms. The first-order valence-electron chi connectivity index (χ1n) is 8.63. The predicted octanol–water partition coefficient (Wildman–Crippen LogP) is 4.03. The first kappa shape index (κ1) is 17.5. The second kappa shape index (κ2) is 7.40. The fourth-order valence-electron chi connectivity index (χ4n) is 2.83. The van der Waals surface area contributed by atoms with Crippen LogP contribution in [0.4, 0.5) is 17.2 Å². The van der Waals surface area contributed by atoms with Crippen molar-refractivity contribution in [1.29, 1.82) is 0 Å². The van der Waals surface area contributed by atoms with Crippen molar-refractivity contribution in [1.82, 2.24) is 15.0 Å². The third-order valence-electron chi connectivity index (χ3n) is 4.26. The first-order chi connectivity index (χ1) is 13.6. The van der Waals surface area contributed by atoms with Crippen LogP contribution < -0.4 is 20.5 Å². The summed E-state index contributed by atoms with van der Waals surface area (Å²) in [5.41, 5.74) is 10.6. The summed E-state index contributed by atoms with van der Waals surface area (Å²) in [5.74, 6) is 1.89. The highest BCUT2D eigenvalue weighted by Crippen LogP contribution is 2.29. The molecule has 2 heterocycles. The van der Waals surface area contributed by atoms with E-state index in [0.717, 1.165) is 33.7 Å². The van der Waals surface area contributed by atoms with Crippen LogP contribution in [-0.2, 0) is 0 Å². The molecule has 0 aliphatic rings. The molecule has 140 valence electrons. The highest BCUT2D eigenvalue weighted by atomic mass is 16.5. The van der Waals surface area contributed by atoms with E-state index < -0.39 is 0 Å². The lowest BCUT2D eigenvalue weighted by Gasteiger charge is -2.11. The van der Waals surface area contributed by atoms with Crippen molar-refractivity contribution >= 4 is 28.2 Å². The van der Waals surface area contributed by atoms with Crippen LogP contribution in [0.2, 0.25) is 0 Å². The Kier molecular flexibility index (Phi) is 4.63. The molecule has 0 atom stereocenters. The minimum Gasteiger partial charge on any atom is -0.497 e. The average molecular weight is 373 g/mol. The van der Waals surface area contributed by atoms with Crippen LogP contribution in [0.3, 0.4) is 0 Å². The van der Waals surface area contributed by atoms with Gasteiger partial charge >= 0.3 is 0 Å². The Labute approximate surface area is 162 Å². The molecule has 0 aliphatic heterocycles. The van der Waals surface area contributed by atoms with Gasteiger partial charge in [0.15, 0.2) is 0 Å². The van der Waals surface area contributed by atoms with E-state index >= 15 is 0 Å². The Balaban J connectivity index is 1.68. The molecule has 2 aromatic carbocycles. The van der Waals surface area contributed by atoms with Gasteiger partial charge in [-0.2, -0.15) is 0 Å². The minimum absolute atomic E-state index is 0.470. The molecule has 0 aliphatic carbocycles. The Hall–Kier alpha value is -3.87. The lowest BCUT2D eigenvalue weighted by molar-refractivity contribution is 0.395. The third kappa shape index (κ3) is 3.64. The first-order valence-corrected chi connectivity index (χ1v) is 8.63. The van der Waals surface area contributed by atoms with Gasteiger partial charge in [-0.15, -0.1) is 0 Å². The zero-order valence-electron chi connectivity index (χ0n) is 15.5. The summed E-state index contributed by atoms with van der Waals surface area (Å²) in [6.07, 6.45) is 3.42. The van der Waals surface area contributed by atoms with Gasteiger partial charge in [-0.1, -0.05) is 0 Å². The lowest BCUT2D eigenvalue weighted by Crippen LogP contribution is -1.95. The van der Waals surface area contributed by atoms with E-state index in [4.69, 9.17) is 20.2 Å². The number of hydrogen-bond acceptors (Lipinski definition) is 7. The second-order valence-electron chi connectivity index (χ2n) is 6.16. The number of methoxy groups -OCH3 is 2. The lowest BCUT2D eigenvalue weighted by atomic mass is 10.2. The van der Waals surface area contributed by atoms with Gasteiger partial charge in [-0.05, 0) is 30.3 Å². The molecule has 7 heteroatoms. The monoisotopic (exact) mass is 373 g/mol. The Morgan fingerprint density at radius 1 is 0.786 bits per heavy atom. The van der Waals surface area contributed by atoms with Crippen molar-refractivity contribution in [2.24, 2.45) is 0 Å². The molecule has 0 fully saturated rings. The van der Waals surface area contributed by atoms with E-state index in [2.05, 4.69) is 15.3 Å². The van der Waals surface area contributed by atoms with E-state index in [-0.39, 0.29) is 0 Å². The van der Waals surface area contributed by atoms with E-state index in [0.29, 0.717) is 17.3 Å². The molecule has 0 saturated heterocycles. The van der Waals surface area contributed by atoms with E-state index in [1.165, 1.54) is 0 Å². The van der Waals surface area contributed by atoms with Crippen molar-refractivity contribution in [2.45, 2.75) is 0 Å². The number of fused-ring (bicyclic) bond motifs is 1. The summed E-state index contributed by atoms with van der Waals surface area (Å²) < 4.78 is 10.6. The van der Waals surface area contributed by atoms with Gasteiger partial charge in [0.2, 0.25) is 0 Å². The Bertz CT molecular complexity index is 1110. The fourth-order valence-corrected chi connectivity index (χ4v) is 2.83. The number of nitrogens with two attached hydrogens (primary N) is 1. The number of aromatic nitrogens is 3. The van der Waals surface area contributed by atoms with Crippen LogP contribution in [0.15, 0.2) is 60.9 Å². The molecule has 0 amide bonds. The van der Waals surface area contributed by atoms with E-state index in [1.54, 1.807) is 32.7 Å². The van der Waals surface area contributed by atoms with Crippen LogP contribution in [0.5, 0.6) is 11.5 Å². The number of nitrogens with one attached hydrogen (secondary N) is 1. The SMILES string of the molecule is COc1cc(Nc2ccc3ncc(-c4ccc(N)nc4)nc3c2)cc(OC)c1. The molecular weight excluding hydrogens is 354 g/mol. The Morgan fingerprint density at radius 2 is 1.57 bits per heavy atom. The third-order valence-corrected chi connectivity index (χ3v) is 4.26. The van der Waals surface area contributed by atoms with Gasteiger partial charge in [0.05, 0.1) is 37.1 Å². The normalized spacial score (nSPS) is 10.6. The van der Waals surface area contributed by atoms with Crippen LogP contribution in [0, 0.1) is 0 Å². The van der Waals surface area contributed by atoms with Gasteiger partial charge in [0.25, 0.3) is 0 Å². The van der Waals surface area contributed by atoms with Crippen molar-refractivity contribution in [3.63, 3.8) is 0 Å². The molecule has 28 heavy (non-hydrogen) atoms. The summed E-state index contributed by atoms with van der Waals surface area (Å²) in [6, 6.07) is 15.1. The quantitative estimate of drug-likeness (QED) is 0.545. The molecule has 7 nitrogen and oxygen atoms in total. The van der Waals surface area contributed by atoms with Crippen molar-refractivity contribution in [3.05, 3.63) is 60.9 Å². The van der Waals surface area contributed by atoms with Crippen LogP contribution in [0.1, 0.15) is 0 Å². The molecule has 0 saturated carbocycles. The fraction of sp³-hybridized carbons (Fsp3) is 0.0952. The maximum absolute atomic E-state index is 5.66. The number of ether oxygens (including phenoxy) is 2. The number of nitrogen functional groups attached to an aromatic ring is 1. The Morgan fingerprint density at radius 3 is 2.25 bits per heavy atom. The molecule has 0 spiro atoms. The number of pyridine rings is 1. The number of nitrogens with zero attached hydrogens (tertiary/aromatic N) is 3. The topological polar surface area (TPSA) is 95.2 Å². The van der Waals surface area contributed by atoms with Gasteiger partial charge in [-0.3, -0.25) is 4.98 Å². The van der Waals surface area contributed by atoms with Crippen LogP contribution in [0.25, 0.3) is 22.3 Å². The van der Waals surface area contributed by atoms with E-state index in [1.807, 2.05) is 42.5 Å². The van der Waals surface area contributed by atoms with Crippen molar-refractivity contribution in [2.75, 3.05) is 25.3 Å². The largest absolute Gasteiger partial charge is 0.497 e. The van der Waals surface area contributed by atoms with Crippen molar-refractivity contribution < 1.29 is 9.47 Å². The average Bonchev–Trinajstić information content (AvgIpc) is 2.73. The highest BCUT2D eigenvalue weighted by Gasteiger charge is 2.06. The second-order valence-corrected chi connectivity index (χ2v) is 6.16. The molecular formula is C21H19N5O2. The molecule has 0 radical (unpaired) electrons. The number of benzene rings is 2. The van der Waals surface area contributed by atoms with Gasteiger partial charge in [0.1, 0.15) is 17.3 Å². The van der Waals surface area contributed by atoms with E-state index in [9.17, 15) is 0 Å². The summed E-state index contributed by atoms with van der Waals surface area (Å²) in [7, 11) is 3.25. The van der Waals surface area contributed by atoms with Crippen LogP contribution in [-0.4, -0.2) is 29.2 Å². The highest BCUT2D eigenvalue weighted by molar-refractivity contribution is 5.82. The molecule has 2 aromatic heterocycles. The maximum atomic E-state index is 5.66.